The summed E-state index contributed by atoms with van der Waals surface area (Å²) in [5, 5.41) is 0.811. The Morgan fingerprint density at radius 1 is 1.25 bits per heavy atom. The SMILES string of the molecule is COc1ccc(-c2nc(Br)ns2)c(OC)c1. The molecular weight excluding hydrogens is 292 g/mol. The molecule has 6 heteroatoms. The molecule has 0 unspecified atom stereocenters. The van der Waals surface area contributed by atoms with Gasteiger partial charge in [0.1, 0.15) is 16.5 Å². The van der Waals surface area contributed by atoms with Crippen molar-refractivity contribution in [2.24, 2.45) is 0 Å². The Morgan fingerprint density at radius 2 is 2.06 bits per heavy atom. The monoisotopic (exact) mass is 300 g/mol. The van der Waals surface area contributed by atoms with E-state index in [9.17, 15) is 0 Å². The van der Waals surface area contributed by atoms with E-state index in [0.29, 0.717) is 4.73 Å². The molecule has 0 saturated carbocycles. The van der Waals surface area contributed by atoms with E-state index in [1.54, 1.807) is 14.2 Å². The van der Waals surface area contributed by atoms with E-state index in [1.807, 2.05) is 18.2 Å². The summed E-state index contributed by atoms with van der Waals surface area (Å²) in [7, 11) is 3.24. The van der Waals surface area contributed by atoms with Crippen LogP contribution in [0.5, 0.6) is 11.5 Å². The normalized spacial score (nSPS) is 10.2. The fraction of sp³-hybridized carbons (Fsp3) is 0.200. The third kappa shape index (κ3) is 2.17. The van der Waals surface area contributed by atoms with Gasteiger partial charge in [0, 0.05) is 6.07 Å². The summed E-state index contributed by atoms with van der Waals surface area (Å²) in [5.74, 6) is 1.48. The minimum atomic E-state index is 0.588. The first kappa shape index (κ1) is 11.3. The van der Waals surface area contributed by atoms with Crippen molar-refractivity contribution in [3.8, 4) is 22.1 Å². The van der Waals surface area contributed by atoms with Gasteiger partial charge in [-0.25, -0.2) is 4.98 Å². The Hall–Kier alpha value is -1.14. The van der Waals surface area contributed by atoms with Gasteiger partial charge < -0.3 is 9.47 Å². The first-order valence-electron chi connectivity index (χ1n) is 4.46. The maximum Gasteiger partial charge on any atom is 0.209 e. The van der Waals surface area contributed by atoms with Crippen LogP contribution in [0.25, 0.3) is 10.6 Å². The molecule has 1 aromatic carbocycles. The van der Waals surface area contributed by atoms with Crippen molar-refractivity contribution in [1.29, 1.82) is 0 Å². The Morgan fingerprint density at radius 3 is 2.62 bits per heavy atom. The molecule has 84 valence electrons. The Balaban J connectivity index is 2.48. The molecule has 1 aromatic heterocycles. The van der Waals surface area contributed by atoms with E-state index < -0.39 is 0 Å². The summed E-state index contributed by atoms with van der Waals surface area (Å²) in [6.45, 7) is 0. The van der Waals surface area contributed by atoms with Crippen molar-refractivity contribution in [2.45, 2.75) is 0 Å². The van der Waals surface area contributed by atoms with Crippen molar-refractivity contribution in [3.63, 3.8) is 0 Å². The molecule has 0 amide bonds. The zero-order valence-corrected chi connectivity index (χ0v) is 11.1. The molecule has 0 N–H and O–H groups in total. The van der Waals surface area contributed by atoms with Gasteiger partial charge in [0.05, 0.1) is 19.8 Å². The third-order valence-corrected chi connectivity index (χ3v) is 3.38. The lowest BCUT2D eigenvalue weighted by Crippen LogP contribution is -1.89. The number of benzene rings is 1. The van der Waals surface area contributed by atoms with E-state index in [0.717, 1.165) is 22.1 Å². The lowest BCUT2D eigenvalue weighted by molar-refractivity contribution is 0.395. The van der Waals surface area contributed by atoms with Gasteiger partial charge in [-0.1, -0.05) is 0 Å². The van der Waals surface area contributed by atoms with Gasteiger partial charge >= 0.3 is 0 Å². The van der Waals surface area contributed by atoms with E-state index >= 15 is 0 Å². The van der Waals surface area contributed by atoms with E-state index in [-0.39, 0.29) is 0 Å². The van der Waals surface area contributed by atoms with Crippen molar-refractivity contribution < 1.29 is 9.47 Å². The standard InChI is InChI=1S/C10H9BrN2O2S/c1-14-6-3-4-7(8(5-6)15-2)9-12-10(11)13-16-9/h3-5H,1-2H3. The minimum Gasteiger partial charge on any atom is -0.497 e. The van der Waals surface area contributed by atoms with Gasteiger partial charge in [-0.2, -0.15) is 4.37 Å². The maximum absolute atomic E-state index is 5.30. The summed E-state index contributed by atoms with van der Waals surface area (Å²) in [6, 6.07) is 5.60. The fourth-order valence-corrected chi connectivity index (χ4v) is 2.40. The molecule has 2 rings (SSSR count). The van der Waals surface area contributed by atoms with Crippen LogP contribution >= 0.6 is 27.5 Å². The van der Waals surface area contributed by atoms with Gasteiger partial charge in [0.15, 0.2) is 0 Å². The van der Waals surface area contributed by atoms with Crippen LogP contribution in [0.3, 0.4) is 0 Å². The van der Waals surface area contributed by atoms with Crippen LogP contribution in [-0.4, -0.2) is 23.6 Å². The van der Waals surface area contributed by atoms with Crippen LogP contribution in [0.1, 0.15) is 0 Å². The number of rotatable bonds is 3. The van der Waals surface area contributed by atoms with Crippen molar-refractivity contribution in [1.82, 2.24) is 9.36 Å². The van der Waals surface area contributed by atoms with Crippen LogP contribution in [0.2, 0.25) is 0 Å². The van der Waals surface area contributed by atoms with Crippen molar-refractivity contribution in [2.75, 3.05) is 14.2 Å². The highest BCUT2D eigenvalue weighted by Crippen LogP contribution is 2.34. The summed E-state index contributed by atoms with van der Waals surface area (Å²) in [5.41, 5.74) is 0.909. The van der Waals surface area contributed by atoms with E-state index in [4.69, 9.17) is 9.47 Å². The second-order valence-corrected chi connectivity index (χ2v) is 4.40. The highest BCUT2D eigenvalue weighted by molar-refractivity contribution is 9.10. The Labute approximate surface area is 106 Å². The molecule has 0 fully saturated rings. The molecule has 16 heavy (non-hydrogen) atoms. The molecule has 2 aromatic rings. The molecule has 4 nitrogen and oxygen atoms in total. The summed E-state index contributed by atoms with van der Waals surface area (Å²) in [6.07, 6.45) is 0. The minimum absolute atomic E-state index is 0.588. The molecule has 0 bridgehead atoms. The largest absolute Gasteiger partial charge is 0.497 e. The first-order valence-corrected chi connectivity index (χ1v) is 6.03. The van der Waals surface area contributed by atoms with E-state index in [1.165, 1.54) is 11.5 Å². The molecule has 0 atom stereocenters. The average molecular weight is 301 g/mol. The summed E-state index contributed by atoms with van der Waals surface area (Å²) in [4.78, 5) is 4.25. The summed E-state index contributed by atoms with van der Waals surface area (Å²) >= 11 is 4.54. The van der Waals surface area contributed by atoms with Crippen LogP contribution in [0.4, 0.5) is 0 Å². The number of hydrogen-bond acceptors (Lipinski definition) is 5. The predicted molar refractivity (Wildman–Crippen MR) is 66.1 cm³/mol. The molecule has 0 aliphatic rings. The number of halogens is 1. The van der Waals surface area contributed by atoms with Crippen LogP contribution in [0, 0.1) is 0 Å². The highest BCUT2D eigenvalue weighted by atomic mass is 79.9. The average Bonchev–Trinajstić information content (AvgIpc) is 2.74. The number of hydrogen-bond donors (Lipinski definition) is 0. The molecule has 0 aliphatic carbocycles. The number of nitrogens with zero attached hydrogens (tertiary/aromatic N) is 2. The second kappa shape index (κ2) is 4.80. The van der Waals surface area contributed by atoms with E-state index in [2.05, 4.69) is 25.3 Å². The Kier molecular flexibility index (Phi) is 3.40. The molecule has 1 heterocycles. The summed E-state index contributed by atoms with van der Waals surface area (Å²) < 4.78 is 15.1. The quantitative estimate of drug-likeness (QED) is 0.874. The van der Waals surface area contributed by atoms with Gasteiger partial charge in [-0.3, -0.25) is 0 Å². The van der Waals surface area contributed by atoms with Crippen LogP contribution in [0.15, 0.2) is 22.9 Å². The van der Waals surface area contributed by atoms with Gasteiger partial charge in [-0.15, -0.1) is 0 Å². The zero-order valence-electron chi connectivity index (χ0n) is 8.73. The highest BCUT2D eigenvalue weighted by Gasteiger charge is 2.11. The fourth-order valence-electron chi connectivity index (χ4n) is 1.29. The van der Waals surface area contributed by atoms with Crippen molar-refractivity contribution in [3.05, 3.63) is 22.9 Å². The second-order valence-electron chi connectivity index (χ2n) is 2.93. The number of methoxy groups -OCH3 is 2. The van der Waals surface area contributed by atoms with Gasteiger partial charge in [-0.05, 0) is 39.6 Å². The van der Waals surface area contributed by atoms with Gasteiger partial charge in [0.2, 0.25) is 4.73 Å². The molecule has 0 saturated heterocycles. The molecular formula is C10H9BrN2O2S. The lowest BCUT2D eigenvalue weighted by atomic mass is 10.2. The lowest BCUT2D eigenvalue weighted by Gasteiger charge is -2.07. The number of aromatic nitrogens is 2. The smallest absolute Gasteiger partial charge is 0.209 e. The predicted octanol–water partition coefficient (Wildman–Crippen LogP) is 2.98. The maximum atomic E-state index is 5.30. The molecule has 0 radical (unpaired) electrons. The zero-order chi connectivity index (χ0) is 11.5. The molecule has 0 spiro atoms. The van der Waals surface area contributed by atoms with Crippen molar-refractivity contribution >= 4 is 27.5 Å². The van der Waals surface area contributed by atoms with Crippen LogP contribution in [-0.2, 0) is 0 Å². The Bertz CT molecular complexity index is 501. The first-order chi connectivity index (χ1) is 7.74. The topological polar surface area (TPSA) is 44.2 Å². The third-order valence-electron chi connectivity index (χ3n) is 2.04. The molecule has 0 aliphatic heterocycles. The van der Waals surface area contributed by atoms with Crippen LogP contribution < -0.4 is 9.47 Å². The number of ether oxygens (including phenoxy) is 2. The van der Waals surface area contributed by atoms with Gasteiger partial charge in [0.25, 0.3) is 0 Å².